The van der Waals surface area contributed by atoms with Crippen molar-refractivity contribution in [3.05, 3.63) is 42.2 Å². The standard InChI is InChI=1S/C16H17N3O2/c1-21-12-11-19(10-4-8-17)16(20)15-14-6-3-2-5-13(14)7-9-18-15/h2-3,5-7,9H,4,10-12H2,1H3. The van der Waals surface area contributed by atoms with E-state index in [-0.39, 0.29) is 5.91 Å². The molecule has 21 heavy (non-hydrogen) atoms. The number of nitrogens with zero attached hydrogens (tertiary/aromatic N) is 3. The molecule has 0 N–H and O–H groups in total. The summed E-state index contributed by atoms with van der Waals surface area (Å²) in [6.45, 7) is 1.26. The van der Waals surface area contributed by atoms with Crippen LogP contribution in [-0.4, -0.2) is 42.6 Å². The average molecular weight is 283 g/mol. The lowest BCUT2D eigenvalue weighted by molar-refractivity contribution is 0.0696. The number of carbonyl (C=O) groups is 1. The van der Waals surface area contributed by atoms with E-state index in [1.807, 2.05) is 30.3 Å². The fraction of sp³-hybridized carbons (Fsp3) is 0.312. The lowest BCUT2D eigenvalue weighted by atomic mass is 10.1. The van der Waals surface area contributed by atoms with Gasteiger partial charge in [-0.2, -0.15) is 5.26 Å². The number of hydrogen-bond donors (Lipinski definition) is 0. The van der Waals surface area contributed by atoms with Gasteiger partial charge in [0.15, 0.2) is 0 Å². The molecule has 0 fully saturated rings. The first-order valence-corrected chi connectivity index (χ1v) is 6.77. The Morgan fingerprint density at radius 2 is 2.14 bits per heavy atom. The molecule has 1 aromatic carbocycles. The number of ether oxygens (including phenoxy) is 1. The molecule has 0 atom stereocenters. The van der Waals surface area contributed by atoms with Gasteiger partial charge in [-0.25, -0.2) is 0 Å². The number of aromatic nitrogens is 1. The SMILES string of the molecule is COCCN(CCC#N)C(=O)c1nccc2ccccc12. The Labute approximate surface area is 123 Å². The van der Waals surface area contributed by atoms with Gasteiger partial charge in [0.1, 0.15) is 5.69 Å². The molecular formula is C16H17N3O2. The summed E-state index contributed by atoms with van der Waals surface area (Å²) in [5, 5.41) is 10.5. The third-order valence-corrected chi connectivity index (χ3v) is 3.22. The van der Waals surface area contributed by atoms with E-state index in [0.29, 0.717) is 31.8 Å². The van der Waals surface area contributed by atoms with Crippen molar-refractivity contribution in [2.24, 2.45) is 0 Å². The van der Waals surface area contributed by atoms with Gasteiger partial charge in [-0.3, -0.25) is 9.78 Å². The molecule has 108 valence electrons. The van der Waals surface area contributed by atoms with Crippen molar-refractivity contribution in [3.8, 4) is 6.07 Å². The van der Waals surface area contributed by atoms with E-state index in [1.165, 1.54) is 0 Å². The van der Waals surface area contributed by atoms with Crippen LogP contribution < -0.4 is 0 Å². The maximum atomic E-state index is 12.7. The number of pyridine rings is 1. The van der Waals surface area contributed by atoms with Gasteiger partial charge in [0, 0.05) is 31.8 Å². The molecule has 0 radical (unpaired) electrons. The fourth-order valence-electron chi connectivity index (χ4n) is 2.14. The van der Waals surface area contributed by atoms with Crippen molar-refractivity contribution in [3.63, 3.8) is 0 Å². The second-order valence-electron chi connectivity index (χ2n) is 4.57. The van der Waals surface area contributed by atoms with Crippen molar-refractivity contribution in [1.82, 2.24) is 9.88 Å². The molecule has 0 aliphatic rings. The van der Waals surface area contributed by atoms with Gasteiger partial charge < -0.3 is 9.64 Å². The average Bonchev–Trinajstić information content (AvgIpc) is 2.54. The number of hydrogen-bond acceptors (Lipinski definition) is 4. The predicted molar refractivity (Wildman–Crippen MR) is 79.8 cm³/mol. The van der Waals surface area contributed by atoms with Crippen LogP contribution >= 0.6 is 0 Å². The lowest BCUT2D eigenvalue weighted by Crippen LogP contribution is -2.35. The fourth-order valence-corrected chi connectivity index (χ4v) is 2.14. The van der Waals surface area contributed by atoms with Gasteiger partial charge in [0.25, 0.3) is 5.91 Å². The maximum absolute atomic E-state index is 12.7. The van der Waals surface area contributed by atoms with Gasteiger partial charge >= 0.3 is 0 Å². The summed E-state index contributed by atoms with van der Waals surface area (Å²) in [6, 6.07) is 11.6. The van der Waals surface area contributed by atoms with E-state index in [0.717, 1.165) is 10.8 Å². The maximum Gasteiger partial charge on any atom is 0.273 e. The van der Waals surface area contributed by atoms with E-state index in [1.54, 1.807) is 18.2 Å². The molecule has 0 aliphatic heterocycles. The van der Waals surface area contributed by atoms with Crippen molar-refractivity contribution in [1.29, 1.82) is 5.26 Å². The molecule has 5 nitrogen and oxygen atoms in total. The summed E-state index contributed by atoms with van der Waals surface area (Å²) in [4.78, 5) is 18.5. The topological polar surface area (TPSA) is 66.2 Å². The Morgan fingerprint density at radius 1 is 1.33 bits per heavy atom. The third kappa shape index (κ3) is 3.56. The Hall–Kier alpha value is -2.45. The third-order valence-electron chi connectivity index (χ3n) is 3.22. The Balaban J connectivity index is 2.31. The van der Waals surface area contributed by atoms with Gasteiger partial charge in [0.05, 0.1) is 19.1 Å². The largest absolute Gasteiger partial charge is 0.383 e. The molecule has 0 saturated heterocycles. The minimum atomic E-state index is -0.167. The van der Waals surface area contributed by atoms with Crippen LogP contribution in [0, 0.1) is 11.3 Å². The summed E-state index contributed by atoms with van der Waals surface area (Å²) >= 11 is 0. The Morgan fingerprint density at radius 3 is 2.90 bits per heavy atom. The van der Waals surface area contributed by atoms with Crippen LogP contribution in [0.3, 0.4) is 0 Å². The van der Waals surface area contributed by atoms with E-state index in [2.05, 4.69) is 11.1 Å². The second kappa shape index (κ2) is 7.36. The summed E-state index contributed by atoms with van der Waals surface area (Å²) in [5.74, 6) is -0.167. The monoisotopic (exact) mass is 283 g/mol. The van der Waals surface area contributed by atoms with Gasteiger partial charge in [0.2, 0.25) is 0 Å². The molecule has 5 heteroatoms. The summed E-state index contributed by atoms with van der Waals surface area (Å²) < 4.78 is 5.03. The van der Waals surface area contributed by atoms with Crippen molar-refractivity contribution < 1.29 is 9.53 Å². The van der Waals surface area contributed by atoms with E-state index in [4.69, 9.17) is 10.00 Å². The smallest absolute Gasteiger partial charge is 0.273 e. The van der Waals surface area contributed by atoms with Crippen LogP contribution in [0.2, 0.25) is 0 Å². The van der Waals surface area contributed by atoms with E-state index in [9.17, 15) is 4.79 Å². The zero-order chi connectivity index (χ0) is 15.1. The normalized spacial score (nSPS) is 10.3. The zero-order valence-corrected chi connectivity index (χ0v) is 12.0. The highest BCUT2D eigenvalue weighted by atomic mass is 16.5. The van der Waals surface area contributed by atoms with Crippen LogP contribution in [0.4, 0.5) is 0 Å². The molecule has 0 bridgehead atoms. The minimum absolute atomic E-state index is 0.167. The Bertz CT molecular complexity index is 659. The molecule has 0 unspecified atom stereocenters. The summed E-state index contributed by atoms with van der Waals surface area (Å²) in [7, 11) is 1.59. The van der Waals surface area contributed by atoms with E-state index < -0.39 is 0 Å². The second-order valence-corrected chi connectivity index (χ2v) is 4.57. The number of rotatable bonds is 6. The lowest BCUT2D eigenvalue weighted by Gasteiger charge is -2.21. The first-order chi connectivity index (χ1) is 10.3. The molecule has 0 saturated carbocycles. The molecule has 0 spiro atoms. The summed E-state index contributed by atoms with van der Waals surface area (Å²) in [6.07, 6.45) is 1.93. The van der Waals surface area contributed by atoms with Gasteiger partial charge in [-0.1, -0.05) is 24.3 Å². The highest BCUT2D eigenvalue weighted by molar-refractivity contribution is 6.05. The number of fused-ring (bicyclic) bond motifs is 1. The van der Waals surface area contributed by atoms with E-state index >= 15 is 0 Å². The van der Waals surface area contributed by atoms with Gasteiger partial charge in [-0.15, -0.1) is 0 Å². The highest BCUT2D eigenvalue weighted by Gasteiger charge is 2.18. The number of nitriles is 1. The number of benzene rings is 1. The predicted octanol–water partition coefficient (Wildman–Crippen LogP) is 2.24. The summed E-state index contributed by atoms with van der Waals surface area (Å²) in [5.41, 5.74) is 0.419. The van der Waals surface area contributed by atoms with Crippen molar-refractivity contribution in [2.75, 3.05) is 26.8 Å². The highest BCUT2D eigenvalue weighted by Crippen LogP contribution is 2.18. The molecule has 0 aliphatic carbocycles. The van der Waals surface area contributed by atoms with Crippen LogP contribution in [0.5, 0.6) is 0 Å². The van der Waals surface area contributed by atoms with Crippen molar-refractivity contribution >= 4 is 16.7 Å². The Kier molecular flexibility index (Phi) is 5.24. The minimum Gasteiger partial charge on any atom is -0.383 e. The van der Waals surface area contributed by atoms with Crippen molar-refractivity contribution in [2.45, 2.75) is 6.42 Å². The molecule has 2 aromatic rings. The first-order valence-electron chi connectivity index (χ1n) is 6.77. The molecule has 1 heterocycles. The molecule has 1 amide bonds. The number of carbonyl (C=O) groups excluding carboxylic acids is 1. The molecule has 2 rings (SSSR count). The van der Waals surface area contributed by atoms with Crippen LogP contribution in [0.15, 0.2) is 36.5 Å². The molecular weight excluding hydrogens is 266 g/mol. The first kappa shape index (κ1) is 14.9. The van der Waals surface area contributed by atoms with Crippen LogP contribution in [0.1, 0.15) is 16.9 Å². The van der Waals surface area contributed by atoms with Crippen LogP contribution in [-0.2, 0) is 4.74 Å². The number of methoxy groups -OCH3 is 1. The zero-order valence-electron chi connectivity index (χ0n) is 12.0. The van der Waals surface area contributed by atoms with Crippen LogP contribution in [0.25, 0.3) is 10.8 Å². The van der Waals surface area contributed by atoms with Gasteiger partial charge in [-0.05, 0) is 11.5 Å². The quantitative estimate of drug-likeness (QED) is 0.815. The molecule has 1 aromatic heterocycles. The number of amides is 1.